The Labute approximate surface area is 153 Å². The molecule has 26 heavy (non-hydrogen) atoms. The van der Waals surface area contributed by atoms with Gasteiger partial charge >= 0.3 is 0 Å². The molecule has 0 saturated carbocycles. The van der Waals surface area contributed by atoms with Crippen molar-refractivity contribution in [1.29, 1.82) is 0 Å². The first-order valence-corrected chi connectivity index (χ1v) is 8.49. The molecule has 0 aromatic heterocycles. The van der Waals surface area contributed by atoms with Gasteiger partial charge in [-0.05, 0) is 19.1 Å². The molecular weight excluding hydrogens is 332 g/mol. The van der Waals surface area contributed by atoms with E-state index in [4.69, 9.17) is 10.2 Å². The van der Waals surface area contributed by atoms with Crippen molar-refractivity contribution in [3.8, 4) is 0 Å². The van der Waals surface area contributed by atoms with Crippen molar-refractivity contribution in [2.24, 2.45) is 0 Å². The SMILES string of the molecule is Cc1ccc(NC(=O)CN(CCO)CCO)c(C(=O)c2ccccc2)c1. The lowest BCUT2D eigenvalue weighted by atomic mass is 9.99. The number of ketones is 1. The number of anilines is 1. The second-order valence-corrected chi connectivity index (χ2v) is 6.02. The van der Waals surface area contributed by atoms with Gasteiger partial charge in [0, 0.05) is 24.2 Å². The third-order valence-corrected chi connectivity index (χ3v) is 3.93. The Bertz CT molecular complexity index is 741. The van der Waals surface area contributed by atoms with Crippen LogP contribution in [-0.4, -0.2) is 59.7 Å². The third-order valence-electron chi connectivity index (χ3n) is 3.93. The lowest BCUT2D eigenvalue weighted by molar-refractivity contribution is -0.117. The molecule has 1 amide bonds. The number of hydrogen-bond acceptors (Lipinski definition) is 5. The average Bonchev–Trinajstić information content (AvgIpc) is 2.63. The van der Waals surface area contributed by atoms with Gasteiger partial charge in [-0.2, -0.15) is 0 Å². The van der Waals surface area contributed by atoms with Gasteiger partial charge in [0.15, 0.2) is 5.78 Å². The molecule has 0 saturated heterocycles. The fourth-order valence-corrected chi connectivity index (χ4v) is 2.65. The number of nitrogens with one attached hydrogen (secondary N) is 1. The maximum absolute atomic E-state index is 12.8. The van der Waals surface area contributed by atoms with Gasteiger partial charge in [0.2, 0.25) is 5.91 Å². The van der Waals surface area contributed by atoms with Gasteiger partial charge in [0.25, 0.3) is 0 Å². The second-order valence-electron chi connectivity index (χ2n) is 6.02. The monoisotopic (exact) mass is 356 g/mol. The van der Waals surface area contributed by atoms with E-state index in [0.717, 1.165) is 5.56 Å². The molecule has 0 radical (unpaired) electrons. The van der Waals surface area contributed by atoms with E-state index in [1.807, 2.05) is 19.1 Å². The fraction of sp³-hybridized carbons (Fsp3) is 0.300. The molecule has 2 aromatic rings. The highest BCUT2D eigenvalue weighted by atomic mass is 16.3. The summed E-state index contributed by atoms with van der Waals surface area (Å²) in [6.07, 6.45) is 0. The number of amides is 1. The van der Waals surface area contributed by atoms with Crippen LogP contribution in [0.2, 0.25) is 0 Å². The zero-order valence-electron chi connectivity index (χ0n) is 14.8. The van der Waals surface area contributed by atoms with E-state index in [1.165, 1.54) is 0 Å². The van der Waals surface area contributed by atoms with Gasteiger partial charge in [-0.3, -0.25) is 14.5 Å². The van der Waals surface area contributed by atoms with Crippen LogP contribution in [0.4, 0.5) is 5.69 Å². The number of benzene rings is 2. The van der Waals surface area contributed by atoms with Crippen molar-refractivity contribution in [2.45, 2.75) is 6.92 Å². The van der Waals surface area contributed by atoms with Crippen molar-refractivity contribution in [2.75, 3.05) is 38.2 Å². The summed E-state index contributed by atoms with van der Waals surface area (Å²) in [5.41, 5.74) is 2.35. The average molecular weight is 356 g/mol. The van der Waals surface area contributed by atoms with Crippen molar-refractivity contribution < 1.29 is 19.8 Å². The van der Waals surface area contributed by atoms with Crippen molar-refractivity contribution in [3.63, 3.8) is 0 Å². The number of aliphatic hydroxyl groups excluding tert-OH is 2. The van der Waals surface area contributed by atoms with Crippen LogP contribution in [-0.2, 0) is 4.79 Å². The number of nitrogens with zero attached hydrogens (tertiary/aromatic N) is 1. The lowest BCUT2D eigenvalue weighted by Crippen LogP contribution is -2.37. The number of carbonyl (C=O) groups is 2. The molecule has 6 heteroatoms. The molecule has 0 aliphatic heterocycles. The first-order valence-electron chi connectivity index (χ1n) is 8.49. The minimum absolute atomic E-state index is 0.0218. The molecule has 0 fully saturated rings. The maximum atomic E-state index is 12.8. The smallest absolute Gasteiger partial charge is 0.238 e. The molecule has 0 heterocycles. The largest absolute Gasteiger partial charge is 0.395 e. The van der Waals surface area contributed by atoms with Crippen LogP contribution in [0.15, 0.2) is 48.5 Å². The summed E-state index contributed by atoms with van der Waals surface area (Å²) < 4.78 is 0. The molecule has 138 valence electrons. The van der Waals surface area contributed by atoms with Gasteiger partial charge in [0.05, 0.1) is 25.4 Å². The third kappa shape index (κ3) is 5.49. The van der Waals surface area contributed by atoms with E-state index in [9.17, 15) is 9.59 Å². The van der Waals surface area contributed by atoms with Gasteiger partial charge in [-0.1, -0.05) is 42.0 Å². The zero-order chi connectivity index (χ0) is 18.9. The Morgan fingerprint density at radius 3 is 2.27 bits per heavy atom. The molecule has 0 aliphatic carbocycles. The molecule has 0 aliphatic rings. The second kappa shape index (κ2) is 9.82. The summed E-state index contributed by atoms with van der Waals surface area (Å²) in [7, 11) is 0. The summed E-state index contributed by atoms with van der Waals surface area (Å²) in [5, 5.41) is 20.9. The van der Waals surface area contributed by atoms with Crippen LogP contribution in [0.1, 0.15) is 21.5 Å². The topological polar surface area (TPSA) is 89.9 Å². The standard InChI is InChI=1S/C20H24N2O4/c1-15-7-8-18(21-19(25)14-22(9-11-23)10-12-24)17(13-15)20(26)16-5-3-2-4-6-16/h2-8,13,23-24H,9-12,14H2,1H3,(H,21,25). The van der Waals surface area contributed by atoms with E-state index in [2.05, 4.69) is 5.32 Å². The quantitative estimate of drug-likeness (QED) is 0.592. The minimum atomic E-state index is -0.308. The number of carbonyl (C=O) groups excluding carboxylic acids is 2. The molecule has 6 nitrogen and oxygen atoms in total. The maximum Gasteiger partial charge on any atom is 0.238 e. The Morgan fingerprint density at radius 2 is 1.65 bits per heavy atom. The Hall–Kier alpha value is -2.54. The molecule has 0 bridgehead atoms. The number of rotatable bonds is 9. The summed E-state index contributed by atoms with van der Waals surface area (Å²) in [4.78, 5) is 26.8. The van der Waals surface area contributed by atoms with Crippen LogP contribution in [0.5, 0.6) is 0 Å². The van der Waals surface area contributed by atoms with E-state index >= 15 is 0 Å². The normalized spacial score (nSPS) is 10.8. The summed E-state index contributed by atoms with van der Waals surface area (Å²) in [6.45, 7) is 2.28. The number of hydrogen-bond donors (Lipinski definition) is 3. The number of aryl methyl sites for hydroxylation is 1. The first kappa shape index (κ1) is 19.8. The van der Waals surface area contributed by atoms with Crippen molar-refractivity contribution >= 4 is 17.4 Å². The van der Waals surface area contributed by atoms with E-state index < -0.39 is 0 Å². The van der Waals surface area contributed by atoms with Crippen LogP contribution >= 0.6 is 0 Å². The highest BCUT2D eigenvalue weighted by Crippen LogP contribution is 2.21. The van der Waals surface area contributed by atoms with E-state index in [0.29, 0.717) is 16.8 Å². The Morgan fingerprint density at radius 1 is 1.00 bits per heavy atom. The van der Waals surface area contributed by atoms with E-state index in [-0.39, 0.29) is 44.5 Å². The molecule has 0 spiro atoms. The van der Waals surface area contributed by atoms with Gasteiger partial charge in [0.1, 0.15) is 0 Å². The Balaban J connectivity index is 2.19. The first-order chi connectivity index (χ1) is 12.5. The highest BCUT2D eigenvalue weighted by Gasteiger charge is 2.17. The minimum Gasteiger partial charge on any atom is -0.395 e. The summed E-state index contributed by atoms with van der Waals surface area (Å²) >= 11 is 0. The fourth-order valence-electron chi connectivity index (χ4n) is 2.65. The predicted molar refractivity (Wildman–Crippen MR) is 100 cm³/mol. The molecule has 0 atom stereocenters. The Kier molecular flexibility index (Phi) is 7.47. The van der Waals surface area contributed by atoms with Crippen LogP contribution in [0.25, 0.3) is 0 Å². The molecule has 0 unspecified atom stereocenters. The van der Waals surface area contributed by atoms with Gasteiger partial charge < -0.3 is 15.5 Å². The van der Waals surface area contributed by atoms with Gasteiger partial charge in [-0.25, -0.2) is 0 Å². The number of aliphatic hydroxyl groups is 2. The molecule has 2 rings (SSSR count). The molecule has 2 aromatic carbocycles. The summed E-state index contributed by atoms with van der Waals surface area (Å²) in [5.74, 6) is -0.468. The zero-order valence-corrected chi connectivity index (χ0v) is 14.8. The van der Waals surface area contributed by atoms with E-state index in [1.54, 1.807) is 41.3 Å². The van der Waals surface area contributed by atoms with Crippen LogP contribution in [0, 0.1) is 6.92 Å². The van der Waals surface area contributed by atoms with Crippen molar-refractivity contribution in [1.82, 2.24) is 4.90 Å². The predicted octanol–water partition coefficient (Wildman–Crippen LogP) is 1.45. The van der Waals surface area contributed by atoms with Crippen LogP contribution < -0.4 is 5.32 Å². The van der Waals surface area contributed by atoms with Gasteiger partial charge in [-0.15, -0.1) is 0 Å². The summed E-state index contributed by atoms with van der Waals surface area (Å²) in [6, 6.07) is 14.2. The van der Waals surface area contributed by atoms with Crippen LogP contribution in [0.3, 0.4) is 0 Å². The van der Waals surface area contributed by atoms with Crippen molar-refractivity contribution in [3.05, 3.63) is 65.2 Å². The highest BCUT2D eigenvalue weighted by molar-refractivity contribution is 6.14. The lowest BCUT2D eigenvalue weighted by Gasteiger charge is -2.20. The molecule has 3 N–H and O–H groups in total. The molecular formula is C20H24N2O4.